The summed E-state index contributed by atoms with van der Waals surface area (Å²) in [5, 5.41) is 8.57. The van der Waals surface area contributed by atoms with E-state index in [9.17, 15) is 13.2 Å². The van der Waals surface area contributed by atoms with Gasteiger partial charge in [0.2, 0.25) is 0 Å². The lowest BCUT2D eigenvalue weighted by atomic mass is 10.3. The standard InChI is InChI=1S/C10H7F3N2O/c11-10(12,13)9-4-8(16-7-1-2-7)3-6(5-14)15-9/h3-4,7H,1-2H2. The Bertz CT molecular complexity index is 446. The van der Waals surface area contributed by atoms with E-state index in [1.165, 1.54) is 6.07 Å². The number of pyridine rings is 1. The van der Waals surface area contributed by atoms with E-state index in [0.29, 0.717) is 0 Å². The van der Waals surface area contributed by atoms with Crippen LogP contribution in [0.4, 0.5) is 13.2 Å². The SMILES string of the molecule is N#Cc1cc(OC2CC2)cc(C(F)(F)F)n1. The summed E-state index contributed by atoms with van der Waals surface area (Å²) in [6.07, 6.45) is -2.90. The first-order valence-electron chi connectivity index (χ1n) is 4.65. The Balaban J connectivity index is 2.34. The molecule has 0 atom stereocenters. The third kappa shape index (κ3) is 2.42. The number of hydrogen-bond acceptors (Lipinski definition) is 3. The van der Waals surface area contributed by atoms with Gasteiger partial charge in [0.1, 0.15) is 23.2 Å². The monoisotopic (exact) mass is 228 g/mol. The van der Waals surface area contributed by atoms with Gasteiger partial charge >= 0.3 is 6.18 Å². The number of aromatic nitrogens is 1. The first-order valence-corrected chi connectivity index (χ1v) is 4.65. The summed E-state index contributed by atoms with van der Waals surface area (Å²) < 4.78 is 42.4. The summed E-state index contributed by atoms with van der Waals surface area (Å²) >= 11 is 0. The highest BCUT2D eigenvalue weighted by Gasteiger charge is 2.34. The Hall–Kier alpha value is -1.77. The fraction of sp³-hybridized carbons (Fsp3) is 0.400. The van der Waals surface area contributed by atoms with Crippen LogP contribution in [0.25, 0.3) is 0 Å². The van der Waals surface area contributed by atoms with Gasteiger partial charge in [0.05, 0.1) is 6.10 Å². The topological polar surface area (TPSA) is 45.9 Å². The zero-order valence-electron chi connectivity index (χ0n) is 8.08. The fourth-order valence-electron chi connectivity index (χ4n) is 1.15. The van der Waals surface area contributed by atoms with Gasteiger partial charge in [-0.3, -0.25) is 0 Å². The summed E-state index contributed by atoms with van der Waals surface area (Å²) in [5.74, 6) is 0.0568. The minimum absolute atomic E-state index is 0.0185. The van der Waals surface area contributed by atoms with E-state index in [4.69, 9.17) is 10.00 Å². The zero-order valence-corrected chi connectivity index (χ0v) is 8.08. The molecule has 0 spiro atoms. The minimum Gasteiger partial charge on any atom is -0.490 e. The Morgan fingerprint density at radius 3 is 2.56 bits per heavy atom. The molecule has 0 saturated heterocycles. The highest BCUT2D eigenvalue weighted by Crippen LogP contribution is 2.32. The van der Waals surface area contributed by atoms with Gasteiger partial charge in [-0.2, -0.15) is 18.4 Å². The van der Waals surface area contributed by atoms with Crippen molar-refractivity contribution in [2.24, 2.45) is 0 Å². The van der Waals surface area contributed by atoms with Crippen molar-refractivity contribution in [1.82, 2.24) is 4.98 Å². The average molecular weight is 228 g/mol. The number of halogens is 3. The third-order valence-corrected chi connectivity index (χ3v) is 2.03. The summed E-state index contributed by atoms with van der Waals surface area (Å²) in [6.45, 7) is 0. The Morgan fingerprint density at radius 1 is 1.38 bits per heavy atom. The summed E-state index contributed by atoms with van der Waals surface area (Å²) in [6, 6.07) is 3.62. The van der Waals surface area contributed by atoms with Crippen molar-refractivity contribution >= 4 is 0 Å². The lowest BCUT2D eigenvalue weighted by Gasteiger charge is -2.09. The predicted molar refractivity (Wildman–Crippen MR) is 47.6 cm³/mol. The van der Waals surface area contributed by atoms with Gasteiger partial charge in [0.25, 0.3) is 0 Å². The lowest BCUT2D eigenvalue weighted by molar-refractivity contribution is -0.141. The number of ether oxygens (including phenoxy) is 1. The number of nitriles is 1. The van der Waals surface area contributed by atoms with Crippen molar-refractivity contribution in [3.8, 4) is 11.8 Å². The average Bonchev–Trinajstić information content (AvgIpc) is 3.00. The van der Waals surface area contributed by atoms with Gasteiger partial charge in [-0.05, 0) is 12.8 Å². The van der Waals surface area contributed by atoms with Gasteiger partial charge in [0, 0.05) is 12.1 Å². The first-order chi connectivity index (χ1) is 7.49. The molecule has 3 nitrogen and oxygen atoms in total. The molecule has 1 saturated carbocycles. The normalized spacial score (nSPS) is 15.6. The maximum absolute atomic E-state index is 12.4. The molecule has 1 aliphatic carbocycles. The number of rotatable bonds is 2. The zero-order chi connectivity index (χ0) is 11.8. The molecule has 0 bridgehead atoms. The van der Waals surface area contributed by atoms with Crippen molar-refractivity contribution in [3.05, 3.63) is 23.5 Å². The Kier molecular flexibility index (Phi) is 2.46. The maximum Gasteiger partial charge on any atom is 0.433 e. The van der Waals surface area contributed by atoms with Crippen LogP contribution in [0.5, 0.6) is 5.75 Å². The van der Waals surface area contributed by atoms with Crippen LogP contribution in [-0.2, 0) is 6.18 Å². The Labute approximate surface area is 89.5 Å². The number of nitrogens with zero attached hydrogens (tertiary/aromatic N) is 2. The van der Waals surface area contributed by atoms with E-state index in [1.807, 2.05) is 0 Å². The summed E-state index contributed by atoms with van der Waals surface area (Å²) in [5.41, 5.74) is -1.38. The van der Waals surface area contributed by atoms with Crippen molar-refractivity contribution < 1.29 is 17.9 Å². The van der Waals surface area contributed by atoms with E-state index < -0.39 is 11.9 Å². The molecule has 6 heteroatoms. The number of alkyl halides is 3. The molecule has 0 aliphatic heterocycles. The van der Waals surface area contributed by atoms with Crippen LogP contribution >= 0.6 is 0 Å². The molecule has 1 aromatic rings. The minimum atomic E-state index is -4.56. The van der Waals surface area contributed by atoms with Crippen LogP contribution in [0.2, 0.25) is 0 Å². The summed E-state index contributed by atoms with van der Waals surface area (Å²) in [7, 11) is 0. The van der Waals surface area contributed by atoms with Crippen LogP contribution in [0.1, 0.15) is 24.2 Å². The first kappa shape index (κ1) is 10.7. The molecule has 1 heterocycles. The molecule has 16 heavy (non-hydrogen) atoms. The van der Waals surface area contributed by atoms with E-state index in [-0.39, 0.29) is 17.5 Å². The second-order valence-electron chi connectivity index (χ2n) is 3.50. The lowest BCUT2D eigenvalue weighted by Crippen LogP contribution is -2.10. The van der Waals surface area contributed by atoms with Gasteiger partial charge in [0.15, 0.2) is 0 Å². The number of hydrogen-bond donors (Lipinski definition) is 0. The highest BCUT2D eigenvalue weighted by molar-refractivity contribution is 5.34. The van der Waals surface area contributed by atoms with Gasteiger partial charge in [-0.1, -0.05) is 0 Å². The van der Waals surface area contributed by atoms with E-state index in [0.717, 1.165) is 18.9 Å². The van der Waals surface area contributed by atoms with Crippen LogP contribution in [0.15, 0.2) is 12.1 Å². The van der Waals surface area contributed by atoms with Crippen LogP contribution in [0, 0.1) is 11.3 Å². The van der Waals surface area contributed by atoms with E-state index in [1.54, 1.807) is 6.07 Å². The molecule has 0 amide bonds. The maximum atomic E-state index is 12.4. The van der Waals surface area contributed by atoms with Crippen LogP contribution < -0.4 is 4.74 Å². The van der Waals surface area contributed by atoms with Gasteiger partial charge in [-0.15, -0.1) is 0 Å². The second-order valence-corrected chi connectivity index (χ2v) is 3.50. The van der Waals surface area contributed by atoms with Gasteiger partial charge < -0.3 is 4.74 Å². The summed E-state index contributed by atoms with van der Waals surface area (Å²) in [4.78, 5) is 3.18. The van der Waals surface area contributed by atoms with Crippen LogP contribution in [-0.4, -0.2) is 11.1 Å². The molecule has 1 aliphatic rings. The molecule has 1 aromatic heterocycles. The van der Waals surface area contributed by atoms with E-state index in [2.05, 4.69) is 4.98 Å². The quantitative estimate of drug-likeness (QED) is 0.781. The van der Waals surface area contributed by atoms with Crippen molar-refractivity contribution in [3.63, 3.8) is 0 Å². The van der Waals surface area contributed by atoms with Gasteiger partial charge in [-0.25, -0.2) is 4.98 Å². The largest absolute Gasteiger partial charge is 0.490 e. The smallest absolute Gasteiger partial charge is 0.433 e. The van der Waals surface area contributed by atoms with Crippen LogP contribution in [0.3, 0.4) is 0 Å². The van der Waals surface area contributed by atoms with Crippen molar-refractivity contribution in [2.45, 2.75) is 25.1 Å². The van der Waals surface area contributed by atoms with Crippen molar-refractivity contribution in [1.29, 1.82) is 5.26 Å². The highest BCUT2D eigenvalue weighted by atomic mass is 19.4. The predicted octanol–water partition coefficient (Wildman–Crippen LogP) is 2.51. The molecule has 0 unspecified atom stereocenters. The molecular weight excluding hydrogens is 221 g/mol. The molecule has 0 radical (unpaired) electrons. The fourth-order valence-corrected chi connectivity index (χ4v) is 1.15. The molecule has 1 fully saturated rings. The molecular formula is C10H7F3N2O. The molecule has 2 rings (SSSR count). The van der Waals surface area contributed by atoms with E-state index >= 15 is 0 Å². The molecule has 84 valence electrons. The molecule has 0 N–H and O–H groups in total. The van der Waals surface area contributed by atoms with Crippen molar-refractivity contribution in [2.75, 3.05) is 0 Å². The molecule has 0 aromatic carbocycles. The third-order valence-electron chi connectivity index (χ3n) is 2.03. The second kappa shape index (κ2) is 3.67. The Morgan fingerprint density at radius 2 is 2.06 bits per heavy atom.